The lowest BCUT2D eigenvalue weighted by atomic mass is 10.2. The molecular formula is C16H12N4O4S. The number of fused-ring (bicyclic) bond motifs is 2. The molecule has 9 heteroatoms. The van der Waals surface area contributed by atoms with Gasteiger partial charge in [0.25, 0.3) is 0 Å². The number of hydrogen-bond donors (Lipinski definition) is 0. The zero-order chi connectivity index (χ0) is 16.6. The van der Waals surface area contributed by atoms with Crippen LogP contribution in [0.4, 0.5) is 0 Å². The standard InChI is InChI=1S/C16H12N4O4S/c1-3-12-14(23-8-21-12)5-10(1)7-25-16-17-18-19-20(16)11-2-4-13-15(6-11)24-9-22-13/h1-6H,7-9H2. The molecule has 3 heterocycles. The Hall–Kier alpha value is -2.94. The van der Waals surface area contributed by atoms with Gasteiger partial charge in [-0.2, -0.15) is 4.68 Å². The quantitative estimate of drug-likeness (QED) is 0.659. The smallest absolute Gasteiger partial charge is 0.231 e. The fourth-order valence-electron chi connectivity index (χ4n) is 2.63. The van der Waals surface area contributed by atoms with Gasteiger partial charge in [-0.05, 0) is 40.3 Å². The molecule has 3 aromatic rings. The SMILES string of the molecule is c1cc2c(cc1CSc1nnnn1-c1ccc3c(c1)OCO3)OCO2. The molecule has 0 fully saturated rings. The molecule has 126 valence electrons. The lowest BCUT2D eigenvalue weighted by Gasteiger charge is -2.06. The third kappa shape index (κ3) is 2.62. The lowest BCUT2D eigenvalue weighted by molar-refractivity contribution is 0.173. The van der Waals surface area contributed by atoms with Gasteiger partial charge in [-0.1, -0.05) is 17.8 Å². The van der Waals surface area contributed by atoms with Crippen LogP contribution in [0.1, 0.15) is 5.56 Å². The fraction of sp³-hybridized carbons (Fsp3) is 0.188. The van der Waals surface area contributed by atoms with Gasteiger partial charge in [-0.15, -0.1) is 5.10 Å². The summed E-state index contributed by atoms with van der Waals surface area (Å²) in [7, 11) is 0. The van der Waals surface area contributed by atoms with Crippen LogP contribution in [-0.2, 0) is 5.75 Å². The maximum Gasteiger partial charge on any atom is 0.231 e. The molecule has 2 aromatic carbocycles. The zero-order valence-electron chi connectivity index (χ0n) is 12.9. The number of nitrogens with zero attached hydrogens (tertiary/aromatic N) is 4. The Morgan fingerprint density at radius 2 is 1.60 bits per heavy atom. The molecule has 0 radical (unpaired) electrons. The van der Waals surface area contributed by atoms with E-state index in [1.54, 1.807) is 4.68 Å². The summed E-state index contributed by atoms with van der Waals surface area (Å²) < 4.78 is 23.2. The predicted molar refractivity (Wildman–Crippen MR) is 87.4 cm³/mol. The fourth-order valence-corrected chi connectivity index (χ4v) is 3.46. The maximum atomic E-state index is 5.41. The Bertz CT molecular complexity index is 946. The first-order valence-corrected chi connectivity index (χ1v) is 8.55. The lowest BCUT2D eigenvalue weighted by Crippen LogP contribution is -1.99. The first kappa shape index (κ1) is 14.4. The molecule has 8 nitrogen and oxygen atoms in total. The van der Waals surface area contributed by atoms with Gasteiger partial charge in [0.15, 0.2) is 23.0 Å². The van der Waals surface area contributed by atoms with Crippen molar-refractivity contribution in [2.75, 3.05) is 13.6 Å². The van der Waals surface area contributed by atoms with Crippen LogP contribution in [-0.4, -0.2) is 33.8 Å². The minimum absolute atomic E-state index is 0.236. The van der Waals surface area contributed by atoms with E-state index in [0.717, 1.165) is 28.5 Å². The molecule has 0 aliphatic carbocycles. The van der Waals surface area contributed by atoms with Crippen molar-refractivity contribution in [3.63, 3.8) is 0 Å². The minimum Gasteiger partial charge on any atom is -0.454 e. The van der Waals surface area contributed by atoms with Gasteiger partial charge in [0.05, 0.1) is 5.69 Å². The van der Waals surface area contributed by atoms with Gasteiger partial charge < -0.3 is 18.9 Å². The highest BCUT2D eigenvalue weighted by atomic mass is 32.2. The van der Waals surface area contributed by atoms with Crippen LogP contribution in [0.2, 0.25) is 0 Å². The molecule has 25 heavy (non-hydrogen) atoms. The highest BCUT2D eigenvalue weighted by molar-refractivity contribution is 7.98. The van der Waals surface area contributed by atoms with Crippen molar-refractivity contribution in [3.8, 4) is 28.7 Å². The Kier molecular flexibility index (Phi) is 3.37. The van der Waals surface area contributed by atoms with Crippen molar-refractivity contribution >= 4 is 11.8 Å². The van der Waals surface area contributed by atoms with Crippen molar-refractivity contribution < 1.29 is 18.9 Å². The molecule has 0 spiro atoms. The van der Waals surface area contributed by atoms with E-state index >= 15 is 0 Å². The molecular weight excluding hydrogens is 344 g/mol. The van der Waals surface area contributed by atoms with Crippen molar-refractivity contribution in [1.29, 1.82) is 0 Å². The van der Waals surface area contributed by atoms with Crippen molar-refractivity contribution in [2.24, 2.45) is 0 Å². The molecule has 0 saturated heterocycles. The summed E-state index contributed by atoms with van der Waals surface area (Å²) in [6.07, 6.45) is 0. The molecule has 2 aliphatic rings. The average molecular weight is 356 g/mol. The number of ether oxygens (including phenoxy) is 4. The van der Waals surface area contributed by atoms with Gasteiger partial charge >= 0.3 is 0 Å². The molecule has 1 aromatic heterocycles. The Morgan fingerprint density at radius 3 is 2.44 bits per heavy atom. The molecule has 0 bridgehead atoms. The van der Waals surface area contributed by atoms with Gasteiger partial charge in [-0.3, -0.25) is 0 Å². The predicted octanol–water partition coefficient (Wildman–Crippen LogP) is 2.41. The van der Waals surface area contributed by atoms with E-state index in [-0.39, 0.29) is 13.6 Å². The molecule has 0 atom stereocenters. The van der Waals surface area contributed by atoms with E-state index in [9.17, 15) is 0 Å². The maximum absolute atomic E-state index is 5.41. The number of benzene rings is 2. The summed E-state index contributed by atoms with van der Waals surface area (Å²) in [5, 5.41) is 12.7. The Labute approximate surface area is 146 Å². The van der Waals surface area contributed by atoms with Gasteiger partial charge in [0.1, 0.15) is 0 Å². The number of tetrazole rings is 1. The second kappa shape index (κ2) is 5.85. The monoisotopic (exact) mass is 356 g/mol. The molecule has 0 amide bonds. The van der Waals surface area contributed by atoms with E-state index in [1.807, 2.05) is 36.4 Å². The summed E-state index contributed by atoms with van der Waals surface area (Å²) in [5.74, 6) is 3.68. The van der Waals surface area contributed by atoms with Crippen molar-refractivity contribution in [2.45, 2.75) is 10.9 Å². The molecule has 0 saturated carbocycles. The topological polar surface area (TPSA) is 80.5 Å². The van der Waals surface area contributed by atoms with Gasteiger partial charge in [-0.25, -0.2) is 0 Å². The molecule has 5 rings (SSSR count). The highest BCUT2D eigenvalue weighted by Gasteiger charge is 2.17. The number of thioether (sulfide) groups is 1. The van der Waals surface area contributed by atoms with E-state index in [1.165, 1.54) is 11.8 Å². The number of aromatic nitrogens is 4. The van der Waals surface area contributed by atoms with Crippen LogP contribution in [0.25, 0.3) is 5.69 Å². The molecule has 0 N–H and O–H groups in total. The Morgan fingerprint density at radius 1 is 0.880 bits per heavy atom. The summed E-state index contributed by atoms with van der Waals surface area (Å²) in [5.41, 5.74) is 1.93. The third-order valence-electron chi connectivity index (χ3n) is 3.85. The summed E-state index contributed by atoms with van der Waals surface area (Å²) in [6, 6.07) is 11.5. The van der Waals surface area contributed by atoms with Crippen LogP contribution >= 0.6 is 11.8 Å². The first-order valence-electron chi connectivity index (χ1n) is 7.56. The van der Waals surface area contributed by atoms with E-state index < -0.39 is 0 Å². The zero-order valence-corrected chi connectivity index (χ0v) is 13.7. The van der Waals surface area contributed by atoms with E-state index in [0.29, 0.717) is 16.7 Å². The van der Waals surface area contributed by atoms with Crippen LogP contribution in [0.5, 0.6) is 23.0 Å². The van der Waals surface area contributed by atoms with E-state index in [4.69, 9.17) is 18.9 Å². The van der Waals surface area contributed by atoms with Crippen LogP contribution < -0.4 is 18.9 Å². The van der Waals surface area contributed by atoms with Crippen molar-refractivity contribution in [1.82, 2.24) is 20.2 Å². The number of rotatable bonds is 4. The minimum atomic E-state index is 0.236. The summed E-state index contributed by atoms with van der Waals surface area (Å²) in [6.45, 7) is 0.508. The Balaban J connectivity index is 1.36. The van der Waals surface area contributed by atoms with Gasteiger partial charge in [0, 0.05) is 11.8 Å². The van der Waals surface area contributed by atoms with Gasteiger partial charge in [0.2, 0.25) is 18.7 Å². The van der Waals surface area contributed by atoms with Crippen LogP contribution in [0, 0.1) is 0 Å². The second-order valence-corrected chi connectivity index (χ2v) is 6.33. The molecule has 0 unspecified atom stereocenters. The second-order valence-electron chi connectivity index (χ2n) is 5.39. The summed E-state index contributed by atoms with van der Waals surface area (Å²) in [4.78, 5) is 0. The summed E-state index contributed by atoms with van der Waals surface area (Å²) >= 11 is 1.54. The first-order chi connectivity index (χ1) is 12.4. The van der Waals surface area contributed by atoms with Crippen LogP contribution in [0.15, 0.2) is 41.6 Å². The van der Waals surface area contributed by atoms with Crippen LogP contribution in [0.3, 0.4) is 0 Å². The average Bonchev–Trinajstić information content (AvgIpc) is 3.37. The van der Waals surface area contributed by atoms with Crippen molar-refractivity contribution in [3.05, 3.63) is 42.0 Å². The van der Waals surface area contributed by atoms with E-state index in [2.05, 4.69) is 15.5 Å². The third-order valence-corrected chi connectivity index (χ3v) is 4.84. The number of hydrogen-bond acceptors (Lipinski definition) is 8. The largest absolute Gasteiger partial charge is 0.454 e. The normalized spacial score (nSPS) is 14.1. The molecule has 2 aliphatic heterocycles. The highest BCUT2D eigenvalue weighted by Crippen LogP contribution is 2.36.